The van der Waals surface area contributed by atoms with Crippen molar-refractivity contribution in [2.45, 2.75) is 52.5 Å². The molecule has 0 aliphatic carbocycles. The van der Waals surface area contributed by atoms with E-state index >= 15 is 0 Å². The summed E-state index contributed by atoms with van der Waals surface area (Å²) in [4.78, 5) is 32.1. The molecule has 2 amide bonds. The standard InChI is InChI=1S/C31H37ClN2O3S/c1-21(2)12-15-33(31(36)24-6-5-7-25(32)18-24)19-30(35)34-16-13-29-27(14-17-38-29)28(34)20-37-26-10-8-23(9-11-26)22(3)4/h5-11,14,17-18,21-22,28H,12-13,15-16,19-20H2,1-4H3. The van der Waals surface area contributed by atoms with E-state index < -0.39 is 0 Å². The van der Waals surface area contributed by atoms with Gasteiger partial charge < -0.3 is 14.5 Å². The maximum absolute atomic E-state index is 13.8. The van der Waals surface area contributed by atoms with Gasteiger partial charge in [0.2, 0.25) is 5.91 Å². The lowest BCUT2D eigenvalue weighted by Crippen LogP contribution is -2.48. The number of fused-ring (bicyclic) bond motifs is 1. The van der Waals surface area contributed by atoms with Gasteiger partial charge in [-0.1, -0.05) is 57.5 Å². The molecule has 0 bridgehead atoms. The molecule has 4 rings (SSSR count). The number of thiophene rings is 1. The summed E-state index contributed by atoms with van der Waals surface area (Å²) in [5.74, 6) is 1.42. The molecule has 1 atom stereocenters. The van der Waals surface area contributed by atoms with Crippen LogP contribution in [0.2, 0.25) is 5.02 Å². The first-order chi connectivity index (χ1) is 18.2. The summed E-state index contributed by atoms with van der Waals surface area (Å²) in [6.07, 6.45) is 1.62. The van der Waals surface area contributed by atoms with Gasteiger partial charge in [-0.2, -0.15) is 0 Å². The van der Waals surface area contributed by atoms with Crippen LogP contribution in [0.5, 0.6) is 5.75 Å². The molecule has 0 saturated heterocycles. The van der Waals surface area contributed by atoms with E-state index in [2.05, 4.69) is 51.3 Å². The van der Waals surface area contributed by atoms with Crippen LogP contribution in [0.4, 0.5) is 0 Å². The monoisotopic (exact) mass is 552 g/mol. The zero-order chi connectivity index (χ0) is 27.2. The number of hydrogen-bond donors (Lipinski definition) is 0. The summed E-state index contributed by atoms with van der Waals surface area (Å²) in [7, 11) is 0. The van der Waals surface area contributed by atoms with Crippen LogP contribution in [0.1, 0.15) is 72.4 Å². The molecule has 1 aliphatic rings. The van der Waals surface area contributed by atoms with Crippen molar-refractivity contribution < 1.29 is 14.3 Å². The maximum Gasteiger partial charge on any atom is 0.254 e. The van der Waals surface area contributed by atoms with Crippen molar-refractivity contribution >= 4 is 34.8 Å². The van der Waals surface area contributed by atoms with Crippen LogP contribution in [0.15, 0.2) is 60.0 Å². The number of nitrogens with zero attached hydrogens (tertiary/aromatic N) is 2. The molecular weight excluding hydrogens is 516 g/mol. The first kappa shape index (κ1) is 28.2. The molecule has 0 saturated carbocycles. The van der Waals surface area contributed by atoms with Gasteiger partial charge in [0.15, 0.2) is 0 Å². The van der Waals surface area contributed by atoms with Gasteiger partial charge >= 0.3 is 0 Å². The lowest BCUT2D eigenvalue weighted by Gasteiger charge is -2.37. The Balaban J connectivity index is 1.52. The van der Waals surface area contributed by atoms with Gasteiger partial charge in [0.1, 0.15) is 18.9 Å². The van der Waals surface area contributed by atoms with Crippen molar-refractivity contribution in [2.24, 2.45) is 5.92 Å². The molecule has 5 nitrogen and oxygen atoms in total. The molecule has 0 radical (unpaired) electrons. The normalized spacial score (nSPS) is 15.0. The first-order valence-electron chi connectivity index (χ1n) is 13.4. The smallest absolute Gasteiger partial charge is 0.254 e. The van der Waals surface area contributed by atoms with Gasteiger partial charge in [0, 0.05) is 28.6 Å². The van der Waals surface area contributed by atoms with Crippen LogP contribution in [0.3, 0.4) is 0 Å². The SMILES string of the molecule is CC(C)CCN(CC(=O)N1CCc2sccc2C1COc1ccc(C(C)C)cc1)C(=O)c1cccc(Cl)c1. The molecule has 2 aromatic carbocycles. The second-order valence-corrected chi connectivity index (χ2v) is 12.0. The minimum atomic E-state index is -0.199. The predicted molar refractivity (Wildman–Crippen MR) is 155 cm³/mol. The highest BCUT2D eigenvalue weighted by atomic mass is 35.5. The summed E-state index contributed by atoms with van der Waals surface area (Å²) >= 11 is 7.88. The quantitative estimate of drug-likeness (QED) is 0.267. The Labute approximate surface area is 235 Å². The Kier molecular flexibility index (Phi) is 9.50. The molecule has 202 valence electrons. The number of amides is 2. The second-order valence-electron chi connectivity index (χ2n) is 10.6. The summed E-state index contributed by atoms with van der Waals surface area (Å²) < 4.78 is 6.22. The van der Waals surface area contributed by atoms with Crippen molar-refractivity contribution in [1.29, 1.82) is 0 Å². The third kappa shape index (κ3) is 6.97. The van der Waals surface area contributed by atoms with E-state index in [9.17, 15) is 9.59 Å². The van der Waals surface area contributed by atoms with Crippen molar-refractivity contribution in [2.75, 3.05) is 26.2 Å². The van der Waals surface area contributed by atoms with E-state index in [0.717, 1.165) is 24.2 Å². The number of ether oxygens (including phenoxy) is 1. The Morgan fingerprint density at radius 1 is 1.11 bits per heavy atom. The highest BCUT2D eigenvalue weighted by Gasteiger charge is 2.33. The molecule has 0 fully saturated rings. The average molecular weight is 553 g/mol. The molecule has 0 spiro atoms. The summed E-state index contributed by atoms with van der Waals surface area (Å²) in [5, 5.41) is 2.59. The summed E-state index contributed by atoms with van der Waals surface area (Å²) in [5.41, 5.74) is 2.90. The molecule has 3 aromatic rings. The molecule has 1 unspecified atom stereocenters. The molecular formula is C31H37ClN2O3S. The average Bonchev–Trinajstić information content (AvgIpc) is 3.38. The number of halogens is 1. The Morgan fingerprint density at radius 3 is 2.55 bits per heavy atom. The number of carbonyl (C=O) groups excluding carboxylic acids is 2. The number of benzene rings is 2. The molecule has 2 heterocycles. The van der Waals surface area contributed by atoms with E-state index in [1.165, 1.54) is 10.4 Å². The van der Waals surface area contributed by atoms with E-state index in [1.807, 2.05) is 17.0 Å². The predicted octanol–water partition coefficient (Wildman–Crippen LogP) is 7.22. The van der Waals surface area contributed by atoms with Crippen LogP contribution < -0.4 is 4.74 Å². The maximum atomic E-state index is 13.8. The zero-order valence-corrected chi connectivity index (χ0v) is 24.2. The minimum absolute atomic E-state index is 0.0249. The highest BCUT2D eigenvalue weighted by Crippen LogP contribution is 2.34. The first-order valence-corrected chi connectivity index (χ1v) is 14.6. The van der Waals surface area contributed by atoms with Crippen molar-refractivity contribution in [1.82, 2.24) is 9.80 Å². The van der Waals surface area contributed by atoms with E-state index in [0.29, 0.717) is 42.1 Å². The van der Waals surface area contributed by atoms with Gasteiger partial charge in [-0.05, 0) is 77.6 Å². The van der Waals surface area contributed by atoms with Gasteiger partial charge in [-0.25, -0.2) is 0 Å². The largest absolute Gasteiger partial charge is 0.491 e. The zero-order valence-electron chi connectivity index (χ0n) is 22.7. The van der Waals surface area contributed by atoms with Crippen molar-refractivity contribution in [3.63, 3.8) is 0 Å². The van der Waals surface area contributed by atoms with Crippen molar-refractivity contribution in [3.05, 3.63) is 86.6 Å². The molecule has 1 aliphatic heterocycles. The number of rotatable bonds is 10. The topological polar surface area (TPSA) is 49.9 Å². The van der Waals surface area contributed by atoms with Crippen molar-refractivity contribution in [3.8, 4) is 5.75 Å². The Bertz CT molecular complexity index is 1240. The van der Waals surface area contributed by atoms with Crippen LogP contribution in [-0.2, 0) is 11.2 Å². The fourth-order valence-corrected chi connectivity index (χ4v) is 5.84. The molecule has 0 N–H and O–H groups in total. The summed E-state index contributed by atoms with van der Waals surface area (Å²) in [6.45, 7) is 10.1. The number of carbonyl (C=O) groups is 2. The van der Waals surface area contributed by atoms with Gasteiger partial charge in [-0.15, -0.1) is 11.3 Å². The van der Waals surface area contributed by atoms with Crippen LogP contribution >= 0.6 is 22.9 Å². The lowest BCUT2D eigenvalue weighted by atomic mass is 10.00. The van der Waals surface area contributed by atoms with E-state index in [-0.39, 0.29) is 24.4 Å². The lowest BCUT2D eigenvalue weighted by molar-refractivity contribution is -0.135. The van der Waals surface area contributed by atoms with Crippen LogP contribution in [0.25, 0.3) is 0 Å². The van der Waals surface area contributed by atoms with E-state index in [4.69, 9.17) is 16.3 Å². The molecule has 7 heteroatoms. The Hall–Kier alpha value is -2.83. The van der Waals surface area contributed by atoms with Crippen LogP contribution in [-0.4, -0.2) is 47.9 Å². The number of hydrogen-bond acceptors (Lipinski definition) is 4. The Morgan fingerprint density at radius 2 is 1.87 bits per heavy atom. The third-order valence-electron chi connectivity index (χ3n) is 7.03. The third-order valence-corrected chi connectivity index (χ3v) is 8.26. The fraction of sp³-hybridized carbons (Fsp3) is 0.419. The van der Waals surface area contributed by atoms with E-state index in [1.54, 1.807) is 40.5 Å². The molecule has 1 aromatic heterocycles. The van der Waals surface area contributed by atoms with Crippen LogP contribution in [0, 0.1) is 5.92 Å². The molecule has 38 heavy (non-hydrogen) atoms. The second kappa shape index (κ2) is 12.8. The fourth-order valence-electron chi connectivity index (χ4n) is 4.72. The van der Waals surface area contributed by atoms with Gasteiger partial charge in [-0.3, -0.25) is 9.59 Å². The van der Waals surface area contributed by atoms with Gasteiger partial charge in [0.05, 0.1) is 6.04 Å². The summed E-state index contributed by atoms with van der Waals surface area (Å²) in [6, 6.07) is 17.0. The van der Waals surface area contributed by atoms with Gasteiger partial charge in [0.25, 0.3) is 5.91 Å². The minimum Gasteiger partial charge on any atom is -0.491 e. The highest BCUT2D eigenvalue weighted by molar-refractivity contribution is 7.10.